The van der Waals surface area contributed by atoms with Gasteiger partial charge in [0.1, 0.15) is 5.02 Å². The Balaban J connectivity index is 1.59. The summed E-state index contributed by atoms with van der Waals surface area (Å²) in [4.78, 5) is 34.3. The third-order valence-corrected chi connectivity index (χ3v) is 4.07. The van der Waals surface area contributed by atoms with E-state index in [1.807, 2.05) is 0 Å². The van der Waals surface area contributed by atoms with Gasteiger partial charge in [-0.2, -0.15) is 0 Å². The second-order valence-electron chi connectivity index (χ2n) is 5.80. The second kappa shape index (κ2) is 8.85. The number of carbonyl (C=O) groups excluding carboxylic acids is 2. The van der Waals surface area contributed by atoms with Crippen molar-refractivity contribution in [1.29, 1.82) is 0 Å². The summed E-state index contributed by atoms with van der Waals surface area (Å²) in [7, 11) is 0. The molecule has 0 bridgehead atoms. The topological polar surface area (TPSA) is 114 Å². The lowest BCUT2D eigenvalue weighted by molar-refractivity contribution is -0.384. The Morgan fingerprint density at radius 1 is 1.03 bits per heavy atom. The quantitative estimate of drug-likeness (QED) is 0.345. The zero-order valence-corrected chi connectivity index (χ0v) is 15.6. The Labute approximate surface area is 169 Å². The van der Waals surface area contributed by atoms with E-state index in [0.29, 0.717) is 16.9 Å². The van der Waals surface area contributed by atoms with E-state index in [4.69, 9.17) is 16.0 Å². The Bertz CT molecular complexity index is 1080. The number of anilines is 2. The van der Waals surface area contributed by atoms with Gasteiger partial charge in [-0.3, -0.25) is 19.7 Å². The lowest BCUT2D eigenvalue weighted by Crippen LogP contribution is -2.11. The molecule has 2 N–H and O–H groups in total. The SMILES string of the molecule is O=C(/C=C/c1ccc(Cl)c([N+](=O)[O-])c1)Nc1ccc(NC(=O)c2ccco2)cc1. The summed E-state index contributed by atoms with van der Waals surface area (Å²) in [5.41, 5.74) is 1.28. The Kier molecular flexibility index (Phi) is 6.06. The number of amides is 2. The highest BCUT2D eigenvalue weighted by molar-refractivity contribution is 6.32. The smallest absolute Gasteiger partial charge is 0.291 e. The Morgan fingerprint density at radius 2 is 1.72 bits per heavy atom. The molecule has 1 heterocycles. The molecule has 0 spiro atoms. The number of halogens is 1. The third kappa shape index (κ3) is 5.30. The summed E-state index contributed by atoms with van der Waals surface area (Å²) < 4.78 is 5.01. The predicted molar refractivity (Wildman–Crippen MR) is 109 cm³/mol. The number of rotatable bonds is 6. The van der Waals surface area contributed by atoms with E-state index >= 15 is 0 Å². The molecule has 0 atom stereocenters. The predicted octanol–water partition coefficient (Wildman–Crippen LogP) is 4.75. The van der Waals surface area contributed by atoms with Crippen LogP contribution in [0.15, 0.2) is 71.4 Å². The number of nitro groups is 1. The van der Waals surface area contributed by atoms with Crippen LogP contribution in [0.25, 0.3) is 6.08 Å². The third-order valence-electron chi connectivity index (χ3n) is 3.75. The molecule has 0 unspecified atom stereocenters. The number of hydrogen-bond acceptors (Lipinski definition) is 5. The first-order valence-corrected chi connectivity index (χ1v) is 8.68. The van der Waals surface area contributed by atoms with Crippen molar-refractivity contribution in [2.75, 3.05) is 10.6 Å². The molecule has 0 aliphatic rings. The van der Waals surface area contributed by atoms with E-state index in [-0.39, 0.29) is 22.4 Å². The van der Waals surface area contributed by atoms with Gasteiger partial charge in [0.25, 0.3) is 11.6 Å². The van der Waals surface area contributed by atoms with Crippen LogP contribution in [-0.2, 0) is 4.79 Å². The van der Waals surface area contributed by atoms with Crippen LogP contribution in [0.1, 0.15) is 16.1 Å². The molecule has 29 heavy (non-hydrogen) atoms. The highest BCUT2D eigenvalue weighted by Crippen LogP contribution is 2.25. The van der Waals surface area contributed by atoms with Gasteiger partial charge < -0.3 is 15.1 Å². The van der Waals surface area contributed by atoms with Gasteiger partial charge in [-0.1, -0.05) is 17.7 Å². The van der Waals surface area contributed by atoms with Crippen LogP contribution >= 0.6 is 11.6 Å². The van der Waals surface area contributed by atoms with Crippen molar-refractivity contribution in [3.63, 3.8) is 0 Å². The molecule has 8 nitrogen and oxygen atoms in total. The van der Waals surface area contributed by atoms with Gasteiger partial charge >= 0.3 is 0 Å². The maximum Gasteiger partial charge on any atom is 0.291 e. The zero-order chi connectivity index (χ0) is 20.8. The van der Waals surface area contributed by atoms with Crippen LogP contribution in [0.5, 0.6) is 0 Å². The van der Waals surface area contributed by atoms with Crippen molar-refractivity contribution < 1.29 is 18.9 Å². The number of benzene rings is 2. The van der Waals surface area contributed by atoms with E-state index in [1.54, 1.807) is 42.5 Å². The molecule has 146 valence electrons. The molecule has 2 amide bonds. The molecular formula is C20H14ClN3O5. The van der Waals surface area contributed by atoms with Crippen LogP contribution in [0.3, 0.4) is 0 Å². The fourth-order valence-corrected chi connectivity index (χ4v) is 2.55. The minimum absolute atomic E-state index is 0.0239. The van der Waals surface area contributed by atoms with Crippen molar-refractivity contribution in [1.82, 2.24) is 0 Å². The largest absolute Gasteiger partial charge is 0.459 e. The normalized spacial score (nSPS) is 10.7. The molecule has 3 aromatic rings. The minimum atomic E-state index is -0.591. The molecule has 0 saturated heterocycles. The second-order valence-corrected chi connectivity index (χ2v) is 6.21. The van der Waals surface area contributed by atoms with Crippen LogP contribution < -0.4 is 10.6 Å². The molecule has 0 fully saturated rings. The summed E-state index contributed by atoms with van der Waals surface area (Å²) in [5.74, 6) is -0.614. The maximum absolute atomic E-state index is 12.0. The number of furan rings is 1. The van der Waals surface area contributed by atoms with Crippen LogP contribution in [0, 0.1) is 10.1 Å². The van der Waals surface area contributed by atoms with Crippen molar-refractivity contribution >= 4 is 46.6 Å². The summed E-state index contributed by atoms with van der Waals surface area (Å²) >= 11 is 5.76. The van der Waals surface area contributed by atoms with E-state index in [1.165, 1.54) is 30.5 Å². The van der Waals surface area contributed by atoms with Crippen molar-refractivity contribution in [3.05, 3.63) is 93.4 Å². The fourth-order valence-electron chi connectivity index (χ4n) is 2.37. The van der Waals surface area contributed by atoms with Gasteiger partial charge in [-0.05, 0) is 54.1 Å². The Morgan fingerprint density at radius 3 is 2.34 bits per heavy atom. The highest BCUT2D eigenvalue weighted by Gasteiger charge is 2.12. The first-order valence-electron chi connectivity index (χ1n) is 8.30. The summed E-state index contributed by atoms with van der Waals surface area (Å²) in [6.45, 7) is 0. The van der Waals surface area contributed by atoms with Gasteiger partial charge in [0.2, 0.25) is 5.91 Å². The number of hydrogen-bond donors (Lipinski definition) is 2. The number of nitrogens with one attached hydrogen (secondary N) is 2. The van der Waals surface area contributed by atoms with Gasteiger partial charge in [-0.25, -0.2) is 0 Å². The first kappa shape index (κ1) is 19.8. The molecule has 2 aromatic carbocycles. The fraction of sp³-hybridized carbons (Fsp3) is 0. The Hall–Kier alpha value is -3.91. The average molecular weight is 412 g/mol. The molecule has 3 rings (SSSR count). The number of nitro benzene ring substituents is 1. The first-order chi connectivity index (χ1) is 13.9. The number of carbonyl (C=O) groups is 2. The van der Waals surface area contributed by atoms with Crippen molar-refractivity contribution in [3.8, 4) is 0 Å². The van der Waals surface area contributed by atoms with E-state index in [0.717, 1.165) is 0 Å². The summed E-state index contributed by atoms with van der Waals surface area (Å²) in [6, 6.07) is 13.9. The molecule has 9 heteroatoms. The monoisotopic (exact) mass is 411 g/mol. The van der Waals surface area contributed by atoms with Crippen molar-refractivity contribution in [2.24, 2.45) is 0 Å². The molecule has 0 saturated carbocycles. The molecule has 0 aliphatic carbocycles. The van der Waals surface area contributed by atoms with E-state index < -0.39 is 10.8 Å². The van der Waals surface area contributed by atoms with Crippen LogP contribution in [-0.4, -0.2) is 16.7 Å². The standard InChI is InChI=1S/C20H14ClN3O5/c21-16-9-3-13(12-17(16)24(27)28)4-10-19(25)22-14-5-7-15(8-6-14)23-20(26)18-2-1-11-29-18/h1-12H,(H,22,25)(H,23,26)/b10-4+. The van der Waals surface area contributed by atoms with Crippen molar-refractivity contribution in [2.45, 2.75) is 0 Å². The zero-order valence-electron chi connectivity index (χ0n) is 14.8. The minimum Gasteiger partial charge on any atom is -0.459 e. The number of nitrogens with zero attached hydrogens (tertiary/aromatic N) is 1. The molecule has 1 aromatic heterocycles. The van der Waals surface area contributed by atoms with Crippen LogP contribution in [0.4, 0.5) is 17.1 Å². The molecule has 0 aliphatic heterocycles. The molecular weight excluding hydrogens is 398 g/mol. The highest BCUT2D eigenvalue weighted by atomic mass is 35.5. The van der Waals surface area contributed by atoms with E-state index in [2.05, 4.69) is 10.6 Å². The van der Waals surface area contributed by atoms with Gasteiger partial charge in [-0.15, -0.1) is 0 Å². The van der Waals surface area contributed by atoms with Gasteiger partial charge in [0.15, 0.2) is 5.76 Å². The van der Waals surface area contributed by atoms with E-state index in [9.17, 15) is 19.7 Å². The average Bonchev–Trinajstić information content (AvgIpc) is 3.23. The van der Waals surface area contributed by atoms with Gasteiger partial charge in [0.05, 0.1) is 11.2 Å². The lowest BCUT2D eigenvalue weighted by Gasteiger charge is -2.06. The lowest BCUT2D eigenvalue weighted by atomic mass is 10.2. The summed E-state index contributed by atoms with van der Waals surface area (Å²) in [6.07, 6.45) is 4.10. The molecule has 0 radical (unpaired) electrons. The van der Waals surface area contributed by atoms with Crippen LogP contribution in [0.2, 0.25) is 5.02 Å². The maximum atomic E-state index is 12.0. The summed E-state index contributed by atoms with van der Waals surface area (Å²) in [5, 5.41) is 16.2. The van der Waals surface area contributed by atoms with Gasteiger partial charge in [0, 0.05) is 23.5 Å².